The lowest BCUT2D eigenvalue weighted by Crippen LogP contribution is -1.96. The van der Waals surface area contributed by atoms with Gasteiger partial charge in [-0.1, -0.05) is 35.9 Å². The second-order valence-corrected chi connectivity index (χ2v) is 6.63. The van der Waals surface area contributed by atoms with E-state index < -0.39 is 9.84 Å². The Morgan fingerprint density at radius 3 is 2.00 bits per heavy atom. The van der Waals surface area contributed by atoms with Crippen molar-refractivity contribution < 1.29 is 8.42 Å². The van der Waals surface area contributed by atoms with Gasteiger partial charge < -0.3 is 0 Å². The molecule has 2 rings (SSSR count). The number of sulfone groups is 1. The van der Waals surface area contributed by atoms with E-state index in [1.54, 1.807) is 12.1 Å². The zero-order valence-corrected chi connectivity index (χ0v) is 11.6. The van der Waals surface area contributed by atoms with Crippen LogP contribution in [0, 0.1) is 13.8 Å². The maximum absolute atomic E-state index is 11.4. The summed E-state index contributed by atoms with van der Waals surface area (Å²) in [5.41, 5.74) is 4.60. The van der Waals surface area contributed by atoms with Gasteiger partial charge in [-0.15, -0.1) is 0 Å². The highest BCUT2D eigenvalue weighted by Gasteiger charge is 2.07. The fourth-order valence-corrected chi connectivity index (χ4v) is 2.65. The number of rotatable bonds is 2. The Morgan fingerprint density at radius 2 is 1.50 bits per heavy atom. The van der Waals surface area contributed by atoms with Crippen molar-refractivity contribution in [2.75, 3.05) is 6.26 Å². The van der Waals surface area contributed by atoms with Gasteiger partial charge in [0.1, 0.15) is 0 Å². The molecule has 0 radical (unpaired) electrons. The zero-order valence-electron chi connectivity index (χ0n) is 10.8. The number of benzene rings is 2. The molecular weight excluding hydrogens is 244 g/mol. The van der Waals surface area contributed by atoms with Crippen LogP contribution in [0.1, 0.15) is 11.1 Å². The summed E-state index contributed by atoms with van der Waals surface area (Å²) in [5.74, 6) is 0. The molecule has 2 aromatic carbocycles. The predicted molar refractivity (Wildman–Crippen MR) is 74.5 cm³/mol. The molecule has 0 aromatic heterocycles. The largest absolute Gasteiger partial charge is 0.224 e. The molecule has 0 saturated carbocycles. The van der Waals surface area contributed by atoms with Crippen LogP contribution in [0.2, 0.25) is 0 Å². The summed E-state index contributed by atoms with van der Waals surface area (Å²) >= 11 is 0. The quantitative estimate of drug-likeness (QED) is 0.829. The average molecular weight is 260 g/mol. The molecule has 0 amide bonds. The first-order valence-electron chi connectivity index (χ1n) is 5.76. The molecule has 0 spiro atoms. The first-order valence-corrected chi connectivity index (χ1v) is 7.65. The van der Waals surface area contributed by atoms with E-state index in [0.29, 0.717) is 4.90 Å². The Labute approximate surface area is 108 Å². The molecule has 3 heteroatoms. The van der Waals surface area contributed by atoms with Crippen molar-refractivity contribution in [2.24, 2.45) is 0 Å². The van der Waals surface area contributed by atoms with Gasteiger partial charge in [0.25, 0.3) is 0 Å². The van der Waals surface area contributed by atoms with Crippen LogP contribution < -0.4 is 0 Å². The number of hydrogen-bond acceptors (Lipinski definition) is 2. The molecule has 0 aliphatic carbocycles. The third-order valence-corrected chi connectivity index (χ3v) is 4.10. The lowest BCUT2D eigenvalue weighted by atomic mass is 9.99. The van der Waals surface area contributed by atoms with Crippen LogP contribution in [0.3, 0.4) is 0 Å². The van der Waals surface area contributed by atoms with Gasteiger partial charge >= 0.3 is 0 Å². The van der Waals surface area contributed by atoms with Crippen LogP contribution in [0.25, 0.3) is 11.1 Å². The van der Waals surface area contributed by atoms with Crippen molar-refractivity contribution >= 4 is 9.84 Å². The third kappa shape index (κ3) is 2.62. The van der Waals surface area contributed by atoms with Gasteiger partial charge in [0.05, 0.1) is 4.90 Å². The van der Waals surface area contributed by atoms with Gasteiger partial charge in [0.15, 0.2) is 9.84 Å². The highest BCUT2D eigenvalue weighted by molar-refractivity contribution is 7.90. The van der Waals surface area contributed by atoms with Crippen LogP contribution in [-0.4, -0.2) is 14.7 Å². The monoisotopic (exact) mass is 260 g/mol. The first-order chi connectivity index (χ1) is 8.38. The van der Waals surface area contributed by atoms with E-state index >= 15 is 0 Å². The molecule has 18 heavy (non-hydrogen) atoms. The minimum atomic E-state index is -3.12. The molecule has 0 fully saturated rings. The highest BCUT2D eigenvalue weighted by atomic mass is 32.2. The molecule has 0 atom stereocenters. The Morgan fingerprint density at radius 1 is 0.889 bits per heavy atom. The summed E-state index contributed by atoms with van der Waals surface area (Å²) in [6.45, 7) is 4.12. The summed E-state index contributed by atoms with van der Waals surface area (Å²) in [4.78, 5) is 0.357. The number of aryl methyl sites for hydroxylation is 2. The topological polar surface area (TPSA) is 34.1 Å². The van der Waals surface area contributed by atoms with Crippen LogP contribution in [0.15, 0.2) is 47.4 Å². The Kier molecular flexibility index (Phi) is 3.26. The second-order valence-electron chi connectivity index (χ2n) is 4.61. The van der Waals surface area contributed by atoms with Crippen molar-refractivity contribution in [3.05, 3.63) is 53.6 Å². The van der Waals surface area contributed by atoms with Crippen LogP contribution in [0.5, 0.6) is 0 Å². The van der Waals surface area contributed by atoms with Crippen LogP contribution in [0.4, 0.5) is 0 Å². The van der Waals surface area contributed by atoms with Gasteiger partial charge in [-0.05, 0) is 42.7 Å². The molecule has 0 heterocycles. The van der Waals surface area contributed by atoms with Crippen molar-refractivity contribution in [1.29, 1.82) is 0 Å². The highest BCUT2D eigenvalue weighted by Crippen LogP contribution is 2.25. The average Bonchev–Trinajstić information content (AvgIpc) is 2.28. The van der Waals surface area contributed by atoms with Gasteiger partial charge in [-0.25, -0.2) is 8.42 Å². The molecule has 94 valence electrons. The summed E-state index contributed by atoms with van der Waals surface area (Å²) < 4.78 is 22.8. The summed E-state index contributed by atoms with van der Waals surface area (Å²) in [7, 11) is -3.12. The summed E-state index contributed by atoms with van der Waals surface area (Å²) in [6.07, 6.45) is 1.22. The lowest BCUT2D eigenvalue weighted by molar-refractivity contribution is 0.602. The molecular formula is C15H16O2S. The molecule has 0 unspecified atom stereocenters. The SMILES string of the molecule is Cc1ccc(-c2ccc(S(C)(=O)=O)cc2)c(C)c1. The normalized spacial score (nSPS) is 11.5. The maximum Gasteiger partial charge on any atom is 0.175 e. The Balaban J connectivity index is 2.47. The minimum absolute atomic E-state index is 0.357. The Bertz CT molecular complexity index is 668. The maximum atomic E-state index is 11.4. The fraction of sp³-hybridized carbons (Fsp3) is 0.200. The van der Waals surface area contributed by atoms with Gasteiger partial charge in [0, 0.05) is 6.26 Å². The third-order valence-electron chi connectivity index (χ3n) is 2.98. The van der Waals surface area contributed by atoms with E-state index in [1.807, 2.05) is 12.1 Å². The molecule has 0 bridgehead atoms. The van der Waals surface area contributed by atoms with E-state index in [4.69, 9.17) is 0 Å². The van der Waals surface area contributed by atoms with E-state index in [-0.39, 0.29) is 0 Å². The van der Waals surface area contributed by atoms with Crippen molar-refractivity contribution in [3.63, 3.8) is 0 Å². The van der Waals surface area contributed by atoms with E-state index in [1.165, 1.54) is 17.4 Å². The molecule has 0 N–H and O–H groups in total. The molecule has 0 saturated heterocycles. The van der Waals surface area contributed by atoms with Gasteiger partial charge in [0.2, 0.25) is 0 Å². The van der Waals surface area contributed by atoms with E-state index in [9.17, 15) is 8.42 Å². The van der Waals surface area contributed by atoms with E-state index in [0.717, 1.165) is 11.1 Å². The zero-order chi connectivity index (χ0) is 13.3. The molecule has 2 nitrogen and oxygen atoms in total. The molecule has 0 aliphatic rings. The molecule has 2 aromatic rings. The predicted octanol–water partition coefficient (Wildman–Crippen LogP) is 3.37. The van der Waals surface area contributed by atoms with Crippen LogP contribution >= 0.6 is 0 Å². The second kappa shape index (κ2) is 4.58. The van der Waals surface area contributed by atoms with Crippen molar-refractivity contribution in [3.8, 4) is 11.1 Å². The van der Waals surface area contributed by atoms with Crippen molar-refractivity contribution in [1.82, 2.24) is 0 Å². The fourth-order valence-electron chi connectivity index (χ4n) is 2.02. The number of hydrogen-bond donors (Lipinski definition) is 0. The first kappa shape index (κ1) is 12.8. The van der Waals surface area contributed by atoms with E-state index in [2.05, 4.69) is 32.0 Å². The smallest absolute Gasteiger partial charge is 0.175 e. The van der Waals surface area contributed by atoms with Crippen molar-refractivity contribution in [2.45, 2.75) is 18.7 Å². The molecule has 0 aliphatic heterocycles. The summed E-state index contributed by atoms with van der Waals surface area (Å²) in [5, 5.41) is 0. The van der Waals surface area contributed by atoms with Gasteiger partial charge in [-0.3, -0.25) is 0 Å². The minimum Gasteiger partial charge on any atom is -0.224 e. The standard InChI is InChI=1S/C15H16O2S/c1-11-4-9-15(12(2)10-11)13-5-7-14(8-6-13)18(3,16)17/h4-10H,1-3H3. The Hall–Kier alpha value is -1.61. The lowest BCUT2D eigenvalue weighted by Gasteiger charge is -2.08. The summed E-state index contributed by atoms with van der Waals surface area (Å²) in [6, 6.07) is 13.3. The van der Waals surface area contributed by atoms with Crippen LogP contribution in [-0.2, 0) is 9.84 Å². The van der Waals surface area contributed by atoms with Gasteiger partial charge in [-0.2, -0.15) is 0 Å².